The van der Waals surface area contributed by atoms with Gasteiger partial charge in [-0.3, -0.25) is 19.4 Å². The van der Waals surface area contributed by atoms with E-state index in [-0.39, 0.29) is 18.7 Å². The van der Waals surface area contributed by atoms with Gasteiger partial charge in [0.15, 0.2) is 0 Å². The van der Waals surface area contributed by atoms with Crippen molar-refractivity contribution in [3.05, 3.63) is 60.0 Å². The van der Waals surface area contributed by atoms with Crippen molar-refractivity contribution in [1.29, 1.82) is 0 Å². The van der Waals surface area contributed by atoms with E-state index in [1.165, 1.54) is 4.90 Å². The summed E-state index contributed by atoms with van der Waals surface area (Å²) in [6.45, 7) is 4.26. The lowest BCUT2D eigenvalue weighted by atomic mass is 9.97. The van der Waals surface area contributed by atoms with E-state index in [4.69, 9.17) is 5.11 Å². The molecule has 0 saturated heterocycles. The molecule has 174 valence electrons. The van der Waals surface area contributed by atoms with Gasteiger partial charge in [0.2, 0.25) is 11.8 Å². The number of carboxylic acid groups (broad SMARTS) is 1. The maximum Gasteiger partial charge on any atom is 0.303 e. The Morgan fingerprint density at radius 1 is 1.06 bits per heavy atom. The van der Waals surface area contributed by atoms with Gasteiger partial charge in [-0.15, -0.1) is 0 Å². The first-order chi connectivity index (χ1) is 15.8. The van der Waals surface area contributed by atoms with Crippen LogP contribution in [0.5, 0.6) is 0 Å². The van der Waals surface area contributed by atoms with E-state index in [0.29, 0.717) is 18.0 Å². The number of carboxylic acids is 1. The van der Waals surface area contributed by atoms with Gasteiger partial charge in [-0.05, 0) is 36.1 Å². The molecule has 33 heavy (non-hydrogen) atoms. The molecule has 0 aliphatic carbocycles. The second-order valence-corrected chi connectivity index (χ2v) is 8.55. The molecular formula is C25H30N4O4. The van der Waals surface area contributed by atoms with Gasteiger partial charge in [-0.1, -0.05) is 32.0 Å². The highest BCUT2D eigenvalue weighted by Gasteiger charge is 2.28. The molecule has 0 spiro atoms. The van der Waals surface area contributed by atoms with Crippen molar-refractivity contribution in [2.45, 2.75) is 45.6 Å². The summed E-state index contributed by atoms with van der Waals surface area (Å²) in [5.74, 6) is -1.41. The van der Waals surface area contributed by atoms with Crippen LogP contribution in [0.3, 0.4) is 0 Å². The molecule has 3 aromatic rings. The summed E-state index contributed by atoms with van der Waals surface area (Å²) in [6, 6.07) is 10.5. The molecule has 2 heterocycles. The van der Waals surface area contributed by atoms with Crippen LogP contribution in [0.1, 0.15) is 37.9 Å². The van der Waals surface area contributed by atoms with E-state index in [1.807, 2.05) is 24.3 Å². The topological polar surface area (TPSA) is 115 Å². The largest absolute Gasteiger partial charge is 0.481 e. The number of anilines is 1. The maximum absolute atomic E-state index is 13.5. The van der Waals surface area contributed by atoms with Gasteiger partial charge >= 0.3 is 5.97 Å². The molecule has 2 aromatic heterocycles. The second-order valence-electron chi connectivity index (χ2n) is 8.55. The minimum Gasteiger partial charge on any atom is -0.481 e. The van der Waals surface area contributed by atoms with Gasteiger partial charge in [-0.2, -0.15) is 0 Å². The number of carbonyl (C=O) groups excluding carboxylic acids is 2. The number of para-hydroxylation sites is 1. The minimum atomic E-state index is -1.06. The number of hydrogen-bond donors (Lipinski definition) is 3. The average molecular weight is 451 g/mol. The molecule has 1 aromatic carbocycles. The Kier molecular flexibility index (Phi) is 7.82. The maximum atomic E-state index is 13.5. The number of H-pyrrole nitrogens is 1. The van der Waals surface area contributed by atoms with Crippen LogP contribution < -0.4 is 10.2 Å². The molecule has 0 aliphatic heterocycles. The standard InChI is InChI=1S/C25H30N4O4/c1-16(2)14-21-19(18-6-4-5-7-20(18)27-21)15-22(28-23(30)8-9-24(31)32)25(33)29(3)17-10-12-26-13-11-17/h4-7,10-13,16,22,27H,8-9,14-15H2,1-3H3,(H,28,30)(H,31,32)/t22-/m0/s1. The number of nitrogens with one attached hydrogen (secondary N) is 2. The number of fused-ring (bicyclic) bond motifs is 1. The number of carbonyl (C=O) groups is 3. The normalized spacial score (nSPS) is 12.0. The first-order valence-corrected chi connectivity index (χ1v) is 11.0. The third-order valence-corrected chi connectivity index (χ3v) is 5.50. The third-order valence-electron chi connectivity index (χ3n) is 5.50. The van der Waals surface area contributed by atoms with E-state index in [9.17, 15) is 14.4 Å². The van der Waals surface area contributed by atoms with Crippen molar-refractivity contribution in [2.75, 3.05) is 11.9 Å². The number of benzene rings is 1. The van der Waals surface area contributed by atoms with E-state index in [0.717, 1.165) is 28.6 Å². The smallest absolute Gasteiger partial charge is 0.303 e. The molecule has 1 atom stereocenters. The predicted octanol–water partition coefficient (Wildman–Crippen LogP) is 3.32. The van der Waals surface area contributed by atoms with Gasteiger partial charge in [0, 0.05) is 54.6 Å². The molecule has 0 aliphatic rings. The lowest BCUT2D eigenvalue weighted by Crippen LogP contribution is -2.49. The number of amides is 2. The molecule has 8 heteroatoms. The summed E-state index contributed by atoms with van der Waals surface area (Å²) < 4.78 is 0. The molecule has 3 rings (SSSR count). The summed E-state index contributed by atoms with van der Waals surface area (Å²) in [7, 11) is 1.65. The Balaban J connectivity index is 1.94. The van der Waals surface area contributed by atoms with Crippen LogP contribution in [0, 0.1) is 5.92 Å². The highest BCUT2D eigenvalue weighted by atomic mass is 16.4. The Hall–Kier alpha value is -3.68. The zero-order valence-corrected chi connectivity index (χ0v) is 19.2. The van der Waals surface area contributed by atoms with Crippen LogP contribution in [0.25, 0.3) is 10.9 Å². The van der Waals surface area contributed by atoms with Crippen LogP contribution >= 0.6 is 0 Å². The number of aromatic nitrogens is 2. The quantitative estimate of drug-likeness (QED) is 0.438. The van der Waals surface area contributed by atoms with Gasteiger partial charge in [-0.25, -0.2) is 0 Å². The molecule has 0 fully saturated rings. The first kappa shape index (κ1) is 24.0. The molecule has 0 saturated carbocycles. The molecule has 3 N–H and O–H groups in total. The highest BCUT2D eigenvalue weighted by molar-refractivity contribution is 5.99. The number of nitrogens with zero attached hydrogens (tertiary/aromatic N) is 2. The SMILES string of the molecule is CC(C)Cc1[nH]c2ccccc2c1C[C@H](NC(=O)CCC(=O)O)C(=O)N(C)c1ccncc1. The van der Waals surface area contributed by atoms with E-state index in [2.05, 4.69) is 29.1 Å². The van der Waals surface area contributed by atoms with Gasteiger partial charge in [0.25, 0.3) is 0 Å². The van der Waals surface area contributed by atoms with Crippen molar-refractivity contribution in [3.8, 4) is 0 Å². The minimum absolute atomic E-state index is 0.190. The number of aliphatic carboxylic acids is 1. The number of likely N-dealkylation sites (N-methyl/N-ethyl adjacent to an activating group) is 1. The monoisotopic (exact) mass is 450 g/mol. The zero-order chi connectivity index (χ0) is 24.0. The fourth-order valence-corrected chi connectivity index (χ4v) is 3.89. The molecule has 0 bridgehead atoms. The molecular weight excluding hydrogens is 420 g/mol. The zero-order valence-electron chi connectivity index (χ0n) is 19.2. The Morgan fingerprint density at radius 2 is 1.76 bits per heavy atom. The third kappa shape index (κ3) is 6.19. The fourth-order valence-electron chi connectivity index (χ4n) is 3.89. The average Bonchev–Trinajstić information content (AvgIpc) is 3.13. The van der Waals surface area contributed by atoms with Crippen LogP contribution in [0.15, 0.2) is 48.8 Å². The number of rotatable bonds is 10. The number of aromatic amines is 1. The summed E-state index contributed by atoms with van der Waals surface area (Å²) in [4.78, 5) is 45.8. The molecule has 0 unspecified atom stereocenters. The Labute approximate surface area is 193 Å². The fraction of sp³-hybridized carbons (Fsp3) is 0.360. The summed E-state index contributed by atoms with van der Waals surface area (Å²) in [5, 5.41) is 12.7. The van der Waals surface area contributed by atoms with E-state index < -0.39 is 17.9 Å². The first-order valence-electron chi connectivity index (χ1n) is 11.0. The molecule has 2 amide bonds. The Bertz CT molecular complexity index is 1120. The van der Waals surface area contributed by atoms with Crippen molar-refractivity contribution in [3.63, 3.8) is 0 Å². The van der Waals surface area contributed by atoms with Crippen molar-refractivity contribution >= 4 is 34.4 Å². The lowest BCUT2D eigenvalue weighted by molar-refractivity contribution is -0.139. The second kappa shape index (κ2) is 10.8. The van der Waals surface area contributed by atoms with Crippen molar-refractivity contribution in [1.82, 2.24) is 15.3 Å². The van der Waals surface area contributed by atoms with E-state index in [1.54, 1.807) is 31.6 Å². The number of hydrogen-bond acceptors (Lipinski definition) is 4. The van der Waals surface area contributed by atoms with Gasteiger partial charge < -0.3 is 20.3 Å². The van der Waals surface area contributed by atoms with Gasteiger partial charge in [0.05, 0.1) is 6.42 Å². The van der Waals surface area contributed by atoms with Crippen LogP contribution in [0.4, 0.5) is 5.69 Å². The van der Waals surface area contributed by atoms with E-state index >= 15 is 0 Å². The summed E-state index contributed by atoms with van der Waals surface area (Å²) in [6.07, 6.45) is 3.81. The van der Waals surface area contributed by atoms with Crippen LogP contribution in [-0.2, 0) is 27.2 Å². The van der Waals surface area contributed by atoms with Crippen molar-refractivity contribution in [2.24, 2.45) is 5.92 Å². The molecule has 0 radical (unpaired) electrons. The summed E-state index contributed by atoms with van der Waals surface area (Å²) >= 11 is 0. The number of pyridine rings is 1. The van der Waals surface area contributed by atoms with Crippen molar-refractivity contribution < 1.29 is 19.5 Å². The van der Waals surface area contributed by atoms with Crippen LogP contribution in [-0.4, -0.2) is 45.9 Å². The highest BCUT2D eigenvalue weighted by Crippen LogP contribution is 2.26. The van der Waals surface area contributed by atoms with Gasteiger partial charge in [0.1, 0.15) is 6.04 Å². The summed E-state index contributed by atoms with van der Waals surface area (Å²) in [5.41, 5.74) is 3.66. The molecule has 8 nitrogen and oxygen atoms in total. The predicted molar refractivity (Wildman–Crippen MR) is 127 cm³/mol. The van der Waals surface area contributed by atoms with Crippen LogP contribution in [0.2, 0.25) is 0 Å². The Morgan fingerprint density at radius 3 is 2.42 bits per heavy atom. The lowest BCUT2D eigenvalue weighted by Gasteiger charge is -2.25.